The van der Waals surface area contributed by atoms with Gasteiger partial charge in [-0.05, 0) is 50.5 Å². The van der Waals surface area contributed by atoms with E-state index in [4.69, 9.17) is 0 Å². The summed E-state index contributed by atoms with van der Waals surface area (Å²) in [6.45, 7) is 10.4. The summed E-state index contributed by atoms with van der Waals surface area (Å²) in [5.74, 6) is 0. The molecule has 0 radical (unpaired) electrons. The van der Waals surface area contributed by atoms with Crippen LogP contribution in [-0.4, -0.2) is 12.6 Å². The molecular weight excluding hydrogens is 254 g/mol. The van der Waals surface area contributed by atoms with Crippen LogP contribution in [0.25, 0.3) is 0 Å². The summed E-state index contributed by atoms with van der Waals surface area (Å²) in [5, 5.41) is 3.82. The van der Waals surface area contributed by atoms with Gasteiger partial charge in [0.15, 0.2) is 0 Å². The quantitative estimate of drug-likeness (QED) is 0.784. The van der Waals surface area contributed by atoms with Gasteiger partial charge in [-0.1, -0.05) is 56.0 Å². The van der Waals surface area contributed by atoms with Crippen LogP contribution in [0.2, 0.25) is 0 Å². The molecule has 3 rings (SSSR count). The van der Waals surface area contributed by atoms with E-state index in [0.29, 0.717) is 10.8 Å². The summed E-state index contributed by atoms with van der Waals surface area (Å²) in [4.78, 5) is 0. The fourth-order valence-electron chi connectivity index (χ4n) is 4.47. The van der Waals surface area contributed by atoms with E-state index in [9.17, 15) is 0 Å². The van der Waals surface area contributed by atoms with Crippen LogP contribution in [0.5, 0.6) is 0 Å². The van der Waals surface area contributed by atoms with Crippen molar-refractivity contribution in [3.05, 3.63) is 34.9 Å². The normalized spacial score (nSPS) is 22.9. The smallest absolute Gasteiger partial charge is 0.00886 e. The number of benzene rings is 1. The molecule has 0 heterocycles. The van der Waals surface area contributed by atoms with Crippen molar-refractivity contribution < 1.29 is 0 Å². The van der Waals surface area contributed by atoms with Crippen molar-refractivity contribution in [3.8, 4) is 0 Å². The van der Waals surface area contributed by atoms with E-state index in [0.717, 1.165) is 6.04 Å². The highest BCUT2D eigenvalue weighted by Gasteiger charge is 2.53. The molecular formula is C20H31N. The van der Waals surface area contributed by atoms with Gasteiger partial charge in [0.25, 0.3) is 0 Å². The Morgan fingerprint density at radius 2 is 1.57 bits per heavy atom. The lowest BCUT2D eigenvalue weighted by Gasteiger charge is -2.57. The Balaban J connectivity index is 1.85. The minimum absolute atomic E-state index is 0.394. The van der Waals surface area contributed by atoms with Crippen LogP contribution >= 0.6 is 0 Å². The molecule has 0 saturated heterocycles. The molecule has 0 aromatic heterocycles. The topological polar surface area (TPSA) is 12.0 Å². The highest BCUT2D eigenvalue weighted by Crippen LogP contribution is 2.59. The average molecular weight is 285 g/mol. The minimum Gasteiger partial charge on any atom is -0.313 e. The van der Waals surface area contributed by atoms with Gasteiger partial charge in [0.2, 0.25) is 0 Å². The lowest BCUT2D eigenvalue weighted by atomic mass is 9.48. The van der Waals surface area contributed by atoms with E-state index in [-0.39, 0.29) is 0 Å². The van der Waals surface area contributed by atoms with Gasteiger partial charge in [-0.25, -0.2) is 0 Å². The van der Waals surface area contributed by atoms with Gasteiger partial charge in [-0.2, -0.15) is 0 Å². The van der Waals surface area contributed by atoms with Crippen LogP contribution in [-0.2, 0) is 5.41 Å². The van der Waals surface area contributed by atoms with E-state index in [2.05, 4.69) is 51.2 Å². The summed E-state index contributed by atoms with van der Waals surface area (Å²) in [6, 6.07) is 8.00. The minimum atomic E-state index is 0.394. The van der Waals surface area contributed by atoms with Crippen LogP contribution in [0.15, 0.2) is 18.2 Å². The van der Waals surface area contributed by atoms with Crippen LogP contribution in [0.3, 0.4) is 0 Å². The Bertz CT molecular complexity index is 480. The second-order valence-electron chi connectivity index (χ2n) is 7.87. The highest BCUT2D eigenvalue weighted by atomic mass is 15.0. The van der Waals surface area contributed by atoms with E-state index >= 15 is 0 Å². The zero-order valence-corrected chi connectivity index (χ0v) is 14.3. The van der Waals surface area contributed by atoms with Crippen LogP contribution in [0.4, 0.5) is 0 Å². The monoisotopic (exact) mass is 285 g/mol. The average Bonchev–Trinajstić information content (AvgIpc) is 3.21. The molecule has 2 aliphatic carbocycles. The first-order valence-electron chi connectivity index (χ1n) is 8.83. The predicted octanol–water partition coefficient (Wildman–Crippen LogP) is 4.89. The van der Waals surface area contributed by atoms with Gasteiger partial charge in [-0.15, -0.1) is 0 Å². The number of hydrogen-bond donors (Lipinski definition) is 1. The lowest BCUT2D eigenvalue weighted by Crippen LogP contribution is -2.54. The molecule has 1 N–H and O–H groups in total. The third kappa shape index (κ3) is 2.90. The van der Waals surface area contributed by atoms with Gasteiger partial charge < -0.3 is 5.32 Å². The van der Waals surface area contributed by atoms with Crippen molar-refractivity contribution in [1.29, 1.82) is 0 Å². The van der Waals surface area contributed by atoms with Crippen molar-refractivity contribution >= 4 is 0 Å². The van der Waals surface area contributed by atoms with Crippen molar-refractivity contribution in [3.63, 3.8) is 0 Å². The van der Waals surface area contributed by atoms with E-state index in [1.165, 1.54) is 56.2 Å². The summed E-state index contributed by atoms with van der Waals surface area (Å²) in [6.07, 6.45) is 8.18. The van der Waals surface area contributed by atoms with Gasteiger partial charge in [0.05, 0.1) is 0 Å². The molecule has 21 heavy (non-hydrogen) atoms. The number of rotatable bonds is 6. The van der Waals surface area contributed by atoms with Gasteiger partial charge in [0, 0.05) is 18.0 Å². The zero-order valence-electron chi connectivity index (χ0n) is 14.3. The second-order valence-corrected chi connectivity index (χ2v) is 7.87. The van der Waals surface area contributed by atoms with Crippen molar-refractivity contribution in [2.45, 2.75) is 77.7 Å². The highest BCUT2D eigenvalue weighted by molar-refractivity contribution is 5.37. The molecule has 0 unspecified atom stereocenters. The lowest BCUT2D eigenvalue weighted by molar-refractivity contribution is 0.0126. The molecule has 116 valence electrons. The summed E-state index contributed by atoms with van der Waals surface area (Å²) in [5.41, 5.74) is 5.42. The number of hydrogen-bond acceptors (Lipinski definition) is 1. The Hall–Kier alpha value is -0.820. The third-order valence-corrected chi connectivity index (χ3v) is 6.07. The van der Waals surface area contributed by atoms with Gasteiger partial charge in [-0.3, -0.25) is 0 Å². The molecule has 1 nitrogen and oxygen atoms in total. The Morgan fingerprint density at radius 1 is 1.00 bits per heavy atom. The first-order valence-corrected chi connectivity index (χ1v) is 8.83. The molecule has 0 amide bonds. The molecule has 2 fully saturated rings. The van der Waals surface area contributed by atoms with Crippen molar-refractivity contribution in [1.82, 2.24) is 5.32 Å². The number of aryl methyl sites for hydroxylation is 2. The van der Waals surface area contributed by atoms with Gasteiger partial charge in [0.1, 0.15) is 0 Å². The molecule has 2 aliphatic rings. The largest absolute Gasteiger partial charge is 0.313 e. The van der Waals surface area contributed by atoms with Crippen LogP contribution in [0, 0.1) is 19.3 Å². The fourth-order valence-corrected chi connectivity index (χ4v) is 4.47. The van der Waals surface area contributed by atoms with Gasteiger partial charge >= 0.3 is 0 Å². The van der Waals surface area contributed by atoms with Crippen LogP contribution < -0.4 is 5.32 Å². The maximum Gasteiger partial charge on any atom is 0.00886 e. The molecule has 2 saturated carbocycles. The van der Waals surface area contributed by atoms with E-state index in [1.54, 1.807) is 5.56 Å². The second kappa shape index (κ2) is 5.43. The SMILES string of the molecule is CCC1(CC)CC(CNC2CC2)(c2cc(C)cc(C)c2)C1. The third-order valence-electron chi connectivity index (χ3n) is 6.07. The summed E-state index contributed by atoms with van der Waals surface area (Å²) in [7, 11) is 0. The summed E-state index contributed by atoms with van der Waals surface area (Å²) >= 11 is 0. The Labute approximate surface area is 130 Å². The van der Waals surface area contributed by atoms with E-state index < -0.39 is 0 Å². The standard InChI is InChI=1S/C20H31N/c1-5-19(6-2)12-20(13-19,14-21-18-7-8-18)17-10-15(3)9-16(4)11-17/h9-11,18,21H,5-8,12-14H2,1-4H3. The fraction of sp³-hybridized carbons (Fsp3) is 0.700. The van der Waals surface area contributed by atoms with Crippen LogP contribution in [0.1, 0.15) is 69.1 Å². The molecule has 0 atom stereocenters. The maximum atomic E-state index is 3.82. The summed E-state index contributed by atoms with van der Waals surface area (Å²) < 4.78 is 0. The molecule has 0 bridgehead atoms. The zero-order chi connectivity index (χ0) is 15.1. The first-order chi connectivity index (χ1) is 10.0. The molecule has 0 spiro atoms. The van der Waals surface area contributed by atoms with E-state index in [1.807, 2.05) is 0 Å². The Kier molecular flexibility index (Phi) is 3.90. The van der Waals surface area contributed by atoms with Crippen molar-refractivity contribution in [2.75, 3.05) is 6.54 Å². The van der Waals surface area contributed by atoms with Crippen molar-refractivity contribution in [2.24, 2.45) is 5.41 Å². The number of nitrogens with one attached hydrogen (secondary N) is 1. The molecule has 0 aliphatic heterocycles. The molecule has 1 heteroatoms. The first kappa shape index (κ1) is 15.1. The predicted molar refractivity (Wildman–Crippen MR) is 90.9 cm³/mol. The molecule has 1 aromatic carbocycles. The maximum absolute atomic E-state index is 3.82. The molecule has 1 aromatic rings. The Morgan fingerprint density at radius 3 is 2.05 bits per heavy atom.